The van der Waals surface area contributed by atoms with E-state index in [1.54, 1.807) is 6.92 Å². The number of benzene rings is 1. The molecular formula is C12H14O2. The SMILES string of the molecule is CC(=O)CCc1ccc2c(c1)CCO2. The van der Waals surface area contributed by atoms with Crippen molar-refractivity contribution in [1.82, 2.24) is 0 Å². The Bertz CT molecular complexity index is 355. The molecule has 2 nitrogen and oxygen atoms in total. The van der Waals surface area contributed by atoms with Crippen LogP contribution in [-0.4, -0.2) is 12.4 Å². The highest BCUT2D eigenvalue weighted by Gasteiger charge is 2.11. The van der Waals surface area contributed by atoms with E-state index in [0.29, 0.717) is 6.42 Å². The molecule has 0 saturated heterocycles. The second kappa shape index (κ2) is 3.82. The van der Waals surface area contributed by atoms with Crippen LogP contribution in [0.2, 0.25) is 0 Å². The molecule has 14 heavy (non-hydrogen) atoms. The minimum Gasteiger partial charge on any atom is -0.493 e. The van der Waals surface area contributed by atoms with Crippen LogP contribution < -0.4 is 4.74 Å². The summed E-state index contributed by atoms with van der Waals surface area (Å²) in [4.78, 5) is 10.8. The van der Waals surface area contributed by atoms with Gasteiger partial charge in [0.25, 0.3) is 0 Å². The number of hydrogen-bond acceptors (Lipinski definition) is 2. The molecule has 2 rings (SSSR count). The number of fused-ring (bicyclic) bond motifs is 1. The molecule has 1 heterocycles. The predicted molar refractivity (Wildman–Crippen MR) is 54.6 cm³/mol. The Morgan fingerprint density at radius 1 is 1.50 bits per heavy atom. The number of rotatable bonds is 3. The lowest BCUT2D eigenvalue weighted by Gasteiger charge is -2.02. The van der Waals surface area contributed by atoms with E-state index >= 15 is 0 Å². The van der Waals surface area contributed by atoms with Gasteiger partial charge < -0.3 is 9.53 Å². The van der Waals surface area contributed by atoms with Crippen molar-refractivity contribution in [2.75, 3.05) is 6.61 Å². The summed E-state index contributed by atoms with van der Waals surface area (Å²) in [5.74, 6) is 1.26. The average Bonchev–Trinajstić information content (AvgIpc) is 2.61. The van der Waals surface area contributed by atoms with E-state index < -0.39 is 0 Å². The predicted octanol–water partition coefficient (Wildman–Crippen LogP) is 2.14. The zero-order chi connectivity index (χ0) is 9.97. The van der Waals surface area contributed by atoms with E-state index in [4.69, 9.17) is 4.74 Å². The minimum absolute atomic E-state index is 0.252. The zero-order valence-electron chi connectivity index (χ0n) is 8.38. The van der Waals surface area contributed by atoms with E-state index in [1.165, 1.54) is 11.1 Å². The highest BCUT2D eigenvalue weighted by Crippen LogP contribution is 2.26. The average molecular weight is 190 g/mol. The summed E-state index contributed by atoms with van der Waals surface area (Å²) < 4.78 is 5.41. The molecule has 74 valence electrons. The third-order valence-electron chi connectivity index (χ3n) is 2.52. The standard InChI is InChI=1S/C12H14O2/c1-9(13)2-3-10-4-5-12-11(8-10)6-7-14-12/h4-5,8H,2-3,6-7H2,1H3. The molecule has 2 heteroatoms. The van der Waals surface area contributed by atoms with Gasteiger partial charge in [0.1, 0.15) is 11.5 Å². The molecule has 0 radical (unpaired) electrons. The number of aryl methyl sites for hydroxylation is 1. The first-order valence-electron chi connectivity index (χ1n) is 5.00. The summed E-state index contributed by atoms with van der Waals surface area (Å²) in [6.07, 6.45) is 2.49. The van der Waals surface area contributed by atoms with Gasteiger partial charge in [-0.2, -0.15) is 0 Å². The summed E-state index contributed by atoms with van der Waals surface area (Å²) in [5, 5.41) is 0. The van der Waals surface area contributed by atoms with Crippen LogP contribution in [0.25, 0.3) is 0 Å². The van der Waals surface area contributed by atoms with Crippen molar-refractivity contribution in [3.63, 3.8) is 0 Å². The number of Topliss-reactive ketones (excluding diaryl/α,β-unsaturated/α-hetero) is 1. The van der Waals surface area contributed by atoms with Crippen molar-refractivity contribution in [1.29, 1.82) is 0 Å². The Morgan fingerprint density at radius 3 is 3.14 bits per heavy atom. The largest absolute Gasteiger partial charge is 0.493 e. The number of hydrogen-bond donors (Lipinski definition) is 0. The second-order valence-corrected chi connectivity index (χ2v) is 3.74. The van der Waals surface area contributed by atoms with Gasteiger partial charge in [-0.1, -0.05) is 12.1 Å². The fourth-order valence-corrected chi connectivity index (χ4v) is 1.72. The Morgan fingerprint density at radius 2 is 2.36 bits per heavy atom. The summed E-state index contributed by atoms with van der Waals surface area (Å²) in [6, 6.07) is 6.22. The van der Waals surface area contributed by atoms with E-state index in [9.17, 15) is 4.79 Å². The number of ketones is 1. The van der Waals surface area contributed by atoms with Crippen LogP contribution in [-0.2, 0) is 17.6 Å². The van der Waals surface area contributed by atoms with Crippen LogP contribution >= 0.6 is 0 Å². The van der Waals surface area contributed by atoms with E-state index in [2.05, 4.69) is 6.07 Å². The van der Waals surface area contributed by atoms with E-state index in [0.717, 1.165) is 25.2 Å². The molecule has 1 aliphatic heterocycles. The molecule has 1 aromatic carbocycles. The van der Waals surface area contributed by atoms with Crippen molar-refractivity contribution in [2.24, 2.45) is 0 Å². The third-order valence-corrected chi connectivity index (χ3v) is 2.52. The number of ether oxygens (including phenoxy) is 1. The van der Waals surface area contributed by atoms with Crippen LogP contribution in [0.3, 0.4) is 0 Å². The van der Waals surface area contributed by atoms with Crippen LogP contribution in [0.1, 0.15) is 24.5 Å². The molecule has 1 aliphatic rings. The van der Waals surface area contributed by atoms with Crippen LogP contribution in [0, 0.1) is 0 Å². The molecule has 0 aromatic heterocycles. The smallest absolute Gasteiger partial charge is 0.130 e. The van der Waals surface area contributed by atoms with Crippen molar-refractivity contribution in [2.45, 2.75) is 26.2 Å². The summed E-state index contributed by atoms with van der Waals surface area (Å²) >= 11 is 0. The van der Waals surface area contributed by atoms with Crippen LogP contribution in [0.5, 0.6) is 5.75 Å². The second-order valence-electron chi connectivity index (χ2n) is 3.74. The first kappa shape index (κ1) is 9.25. The van der Waals surface area contributed by atoms with Gasteiger partial charge in [-0.25, -0.2) is 0 Å². The van der Waals surface area contributed by atoms with Gasteiger partial charge in [-0.05, 0) is 30.5 Å². The van der Waals surface area contributed by atoms with Crippen molar-refractivity contribution in [3.05, 3.63) is 29.3 Å². The van der Waals surface area contributed by atoms with E-state index in [1.807, 2.05) is 12.1 Å². The first-order chi connectivity index (χ1) is 6.75. The molecule has 0 saturated carbocycles. The Hall–Kier alpha value is -1.31. The van der Waals surface area contributed by atoms with Gasteiger partial charge in [0.15, 0.2) is 0 Å². The molecule has 0 unspecified atom stereocenters. The molecule has 0 atom stereocenters. The molecule has 0 spiro atoms. The molecule has 0 amide bonds. The number of carbonyl (C=O) groups excluding carboxylic acids is 1. The normalized spacial score (nSPS) is 13.5. The molecule has 0 fully saturated rings. The van der Waals surface area contributed by atoms with Gasteiger partial charge in [0, 0.05) is 12.8 Å². The fourth-order valence-electron chi connectivity index (χ4n) is 1.72. The highest BCUT2D eigenvalue weighted by atomic mass is 16.5. The lowest BCUT2D eigenvalue weighted by Crippen LogP contribution is -1.94. The lowest BCUT2D eigenvalue weighted by molar-refractivity contribution is -0.116. The van der Waals surface area contributed by atoms with Crippen LogP contribution in [0.4, 0.5) is 0 Å². The molecule has 1 aromatic rings. The minimum atomic E-state index is 0.252. The van der Waals surface area contributed by atoms with Gasteiger partial charge in [0.05, 0.1) is 6.61 Å². The first-order valence-corrected chi connectivity index (χ1v) is 5.00. The van der Waals surface area contributed by atoms with Crippen molar-refractivity contribution in [3.8, 4) is 5.75 Å². The third kappa shape index (κ3) is 1.95. The molecule has 0 bridgehead atoms. The van der Waals surface area contributed by atoms with Gasteiger partial charge in [-0.15, -0.1) is 0 Å². The summed E-state index contributed by atoms with van der Waals surface area (Å²) in [5.41, 5.74) is 2.52. The Kier molecular flexibility index (Phi) is 2.53. The molecule has 0 aliphatic carbocycles. The lowest BCUT2D eigenvalue weighted by atomic mass is 10.0. The highest BCUT2D eigenvalue weighted by molar-refractivity contribution is 5.75. The summed E-state index contributed by atoms with van der Waals surface area (Å²) in [6.45, 7) is 2.43. The monoisotopic (exact) mass is 190 g/mol. The van der Waals surface area contributed by atoms with Crippen LogP contribution in [0.15, 0.2) is 18.2 Å². The topological polar surface area (TPSA) is 26.3 Å². The maximum Gasteiger partial charge on any atom is 0.130 e. The van der Waals surface area contributed by atoms with Crippen molar-refractivity contribution < 1.29 is 9.53 Å². The quantitative estimate of drug-likeness (QED) is 0.730. The number of carbonyl (C=O) groups is 1. The maximum absolute atomic E-state index is 10.8. The zero-order valence-corrected chi connectivity index (χ0v) is 8.38. The molecule has 0 N–H and O–H groups in total. The van der Waals surface area contributed by atoms with Gasteiger partial charge in [-0.3, -0.25) is 0 Å². The maximum atomic E-state index is 10.8. The van der Waals surface area contributed by atoms with Crippen molar-refractivity contribution >= 4 is 5.78 Å². The summed E-state index contributed by atoms with van der Waals surface area (Å²) in [7, 11) is 0. The Balaban J connectivity index is 2.09. The Labute approximate surface area is 83.9 Å². The van der Waals surface area contributed by atoms with Gasteiger partial charge in [0.2, 0.25) is 0 Å². The molecular weight excluding hydrogens is 176 g/mol. The van der Waals surface area contributed by atoms with E-state index in [-0.39, 0.29) is 5.78 Å². The van der Waals surface area contributed by atoms with Gasteiger partial charge >= 0.3 is 0 Å². The fraction of sp³-hybridized carbons (Fsp3) is 0.417.